The first-order valence-corrected chi connectivity index (χ1v) is 7.83. The Balaban J connectivity index is 1.78. The highest BCUT2D eigenvalue weighted by Gasteiger charge is 2.00. The van der Waals surface area contributed by atoms with E-state index in [4.69, 9.17) is 4.74 Å². The number of nitrogens with one attached hydrogen (secondary N) is 1. The van der Waals surface area contributed by atoms with Crippen LogP contribution in [0.1, 0.15) is 0 Å². The molecule has 0 unspecified atom stereocenters. The summed E-state index contributed by atoms with van der Waals surface area (Å²) in [5, 5.41) is 3.40. The van der Waals surface area contributed by atoms with Crippen LogP contribution in [0.15, 0.2) is 57.9 Å². The minimum absolute atomic E-state index is 0.851. The molecule has 2 rings (SSSR count). The Morgan fingerprint density at radius 1 is 1.16 bits per heavy atom. The predicted molar refractivity (Wildman–Crippen MR) is 86.3 cm³/mol. The lowest BCUT2D eigenvalue weighted by molar-refractivity contribution is 0.412. The standard InChI is InChI=1S/C15H16BrNOS/c1-18-15-8-7-12(11-14(15)16)17-9-10-19-13-5-3-2-4-6-13/h2-8,11,17H,9-10H2,1H3. The maximum absolute atomic E-state index is 5.20. The molecule has 4 heteroatoms. The normalized spacial score (nSPS) is 10.2. The molecule has 0 fully saturated rings. The third-order valence-electron chi connectivity index (χ3n) is 2.59. The van der Waals surface area contributed by atoms with Crippen molar-refractivity contribution in [1.29, 1.82) is 0 Å². The monoisotopic (exact) mass is 337 g/mol. The Morgan fingerprint density at radius 2 is 1.95 bits per heavy atom. The van der Waals surface area contributed by atoms with Crippen LogP contribution in [0, 0.1) is 0 Å². The van der Waals surface area contributed by atoms with Crippen molar-refractivity contribution in [2.24, 2.45) is 0 Å². The van der Waals surface area contributed by atoms with Gasteiger partial charge >= 0.3 is 0 Å². The van der Waals surface area contributed by atoms with Gasteiger partial charge in [-0.15, -0.1) is 11.8 Å². The number of ether oxygens (including phenoxy) is 1. The number of methoxy groups -OCH3 is 1. The van der Waals surface area contributed by atoms with Gasteiger partial charge in [0.15, 0.2) is 0 Å². The van der Waals surface area contributed by atoms with Gasteiger partial charge in [0.05, 0.1) is 11.6 Å². The van der Waals surface area contributed by atoms with Crippen LogP contribution in [-0.4, -0.2) is 19.4 Å². The first-order valence-electron chi connectivity index (χ1n) is 6.05. The molecule has 0 aliphatic heterocycles. The summed E-state index contributed by atoms with van der Waals surface area (Å²) in [5.41, 5.74) is 1.10. The molecule has 0 bridgehead atoms. The minimum atomic E-state index is 0.851. The number of anilines is 1. The average Bonchev–Trinajstić information content (AvgIpc) is 2.45. The minimum Gasteiger partial charge on any atom is -0.496 e. The van der Waals surface area contributed by atoms with Gasteiger partial charge in [-0.25, -0.2) is 0 Å². The van der Waals surface area contributed by atoms with Crippen LogP contribution in [0.4, 0.5) is 5.69 Å². The molecule has 0 heterocycles. The second-order valence-corrected chi connectivity index (χ2v) is 5.96. The lowest BCUT2D eigenvalue weighted by Gasteiger charge is -2.09. The molecule has 0 aliphatic carbocycles. The summed E-state index contributed by atoms with van der Waals surface area (Å²) in [4.78, 5) is 1.31. The van der Waals surface area contributed by atoms with Crippen LogP contribution < -0.4 is 10.1 Å². The van der Waals surface area contributed by atoms with Crippen molar-refractivity contribution < 1.29 is 4.74 Å². The van der Waals surface area contributed by atoms with Gasteiger partial charge in [-0.05, 0) is 46.3 Å². The van der Waals surface area contributed by atoms with Crippen molar-refractivity contribution in [2.75, 3.05) is 24.7 Å². The number of hydrogen-bond acceptors (Lipinski definition) is 3. The Bertz CT molecular complexity index is 519. The third kappa shape index (κ3) is 4.48. The van der Waals surface area contributed by atoms with E-state index in [1.807, 2.05) is 36.0 Å². The zero-order valence-corrected chi connectivity index (χ0v) is 13.1. The number of rotatable bonds is 6. The first kappa shape index (κ1) is 14.3. The van der Waals surface area contributed by atoms with Gasteiger partial charge < -0.3 is 10.1 Å². The van der Waals surface area contributed by atoms with Crippen molar-refractivity contribution in [1.82, 2.24) is 0 Å². The van der Waals surface area contributed by atoms with Gasteiger partial charge in [-0.3, -0.25) is 0 Å². The number of halogens is 1. The van der Waals surface area contributed by atoms with E-state index < -0.39 is 0 Å². The molecular weight excluding hydrogens is 322 g/mol. The quantitative estimate of drug-likeness (QED) is 0.611. The Morgan fingerprint density at radius 3 is 2.63 bits per heavy atom. The van der Waals surface area contributed by atoms with Crippen molar-refractivity contribution in [3.63, 3.8) is 0 Å². The second-order valence-electron chi connectivity index (χ2n) is 3.94. The number of hydrogen-bond donors (Lipinski definition) is 1. The zero-order valence-electron chi connectivity index (χ0n) is 10.7. The third-order valence-corrected chi connectivity index (χ3v) is 4.23. The topological polar surface area (TPSA) is 21.3 Å². The smallest absolute Gasteiger partial charge is 0.133 e. The van der Waals surface area contributed by atoms with Crippen molar-refractivity contribution in [3.05, 3.63) is 53.0 Å². The molecule has 0 radical (unpaired) electrons. The molecule has 0 amide bonds. The van der Waals surface area contributed by atoms with Crippen LogP contribution in [0.3, 0.4) is 0 Å². The summed E-state index contributed by atoms with van der Waals surface area (Å²) in [5.74, 6) is 1.89. The summed E-state index contributed by atoms with van der Waals surface area (Å²) in [6, 6.07) is 16.5. The fourth-order valence-corrected chi connectivity index (χ4v) is 2.99. The van der Waals surface area contributed by atoms with E-state index in [1.165, 1.54) is 4.90 Å². The Kier molecular flexibility index (Phi) is 5.61. The summed E-state index contributed by atoms with van der Waals surface area (Å²) >= 11 is 5.34. The van der Waals surface area contributed by atoms with Gasteiger partial charge in [-0.1, -0.05) is 18.2 Å². The van der Waals surface area contributed by atoms with Crippen molar-refractivity contribution >= 4 is 33.4 Å². The van der Waals surface area contributed by atoms with E-state index in [2.05, 4.69) is 45.5 Å². The summed E-state index contributed by atoms with van der Waals surface area (Å²) in [6.07, 6.45) is 0. The predicted octanol–water partition coefficient (Wildman–Crippen LogP) is 4.66. The van der Waals surface area contributed by atoms with E-state index in [1.54, 1.807) is 7.11 Å². The van der Waals surface area contributed by atoms with E-state index >= 15 is 0 Å². The summed E-state index contributed by atoms with van der Waals surface area (Å²) in [7, 11) is 1.67. The highest BCUT2D eigenvalue weighted by atomic mass is 79.9. The van der Waals surface area contributed by atoms with Gasteiger partial charge in [0, 0.05) is 22.9 Å². The van der Waals surface area contributed by atoms with Crippen molar-refractivity contribution in [3.8, 4) is 5.75 Å². The molecule has 0 aromatic heterocycles. The molecule has 0 saturated heterocycles. The van der Waals surface area contributed by atoms with Gasteiger partial charge in [0.1, 0.15) is 5.75 Å². The van der Waals surface area contributed by atoms with Gasteiger partial charge in [0.2, 0.25) is 0 Å². The van der Waals surface area contributed by atoms with Gasteiger partial charge in [0.25, 0.3) is 0 Å². The maximum atomic E-state index is 5.20. The molecule has 0 saturated carbocycles. The molecule has 100 valence electrons. The summed E-state index contributed by atoms with van der Waals surface area (Å²) in [6.45, 7) is 0.929. The largest absolute Gasteiger partial charge is 0.496 e. The van der Waals surface area contributed by atoms with Crippen LogP contribution in [0.2, 0.25) is 0 Å². The molecule has 2 aromatic carbocycles. The summed E-state index contributed by atoms with van der Waals surface area (Å²) < 4.78 is 6.17. The van der Waals surface area contributed by atoms with Crippen LogP contribution >= 0.6 is 27.7 Å². The first-order chi connectivity index (χ1) is 9.29. The fourth-order valence-electron chi connectivity index (χ4n) is 1.66. The highest BCUT2D eigenvalue weighted by molar-refractivity contribution is 9.10. The Hall–Kier alpha value is -1.13. The SMILES string of the molecule is COc1ccc(NCCSc2ccccc2)cc1Br. The molecule has 2 aromatic rings. The molecule has 0 spiro atoms. The lowest BCUT2D eigenvalue weighted by atomic mass is 10.3. The highest BCUT2D eigenvalue weighted by Crippen LogP contribution is 2.27. The molecule has 1 N–H and O–H groups in total. The van der Waals surface area contributed by atoms with Crippen LogP contribution in [0.25, 0.3) is 0 Å². The number of benzene rings is 2. The second kappa shape index (κ2) is 7.46. The van der Waals surface area contributed by atoms with E-state index in [9.17, 15) is 0 Å². The number of thioether (sulfide) groups is 1. The fraction of sp³-hybridized carbons (Fsp3) is 0.200. The maximum Gasteiger partial charge on any atom is 0.133 e. The van der Waals surface area contributed by atoms with E-state index in [0.717, 1.165) is 28.2 Å². The molecule has 0 aliphatic rings. The lowest BCUT2D eigenvalue weighted by Crippen LogP contribution is -2.03. The van der Waals surface area contributed by atoms with Gasteiger partial charge in [-0.2, -0.15) is 0 Å². The Labute approximate surface area is 126 Å². The molecule has 19 heavy (non-hydrogen) atoms. The molecule has 0 atom stereocenters. The van der Waals surface area contributed by atoms with Crippen LogP contribution in [0.5, 0.6) is 5.75 Å². The molecular formula is C15H16BrNOS. The van der Waals surface area contributed by atoms with Crippen LogP contribution in [-0.2, 0) is 0 Å². The van der Waals surface area contributed by atoms with Crippen molar-refractivity contribution in [2.45, 2.75) is 4.90 Å². The zero-order chi connectivity index (χ0) is 13.5. The van der Waals surface area contributed by atoms with E-state index in [0.29, 0.717) is 0 Å². The van der Waals surface area contributed by atoms with E-state index in [-0.39, 0.29) is 0 Å². The molecule has 2 nitrogen and oxygen atoms in total. The average molecular weight is 338 g/mol.